The van der Waals surface area contributed by atoms with Crippen LogP contribution in [0.2, 0.25) is 0 Å². The van der Waals surface area contributed by atoms with Crippen LogP contribution in [0.3, 0.4) is 0 Å². The van der Waals surface area contributed by atoms with Crippen LogP contribution in [0, 0.1) is 6.92 Å². The van der Waals surface area contributed by atoms with Crippen LogP contribution >= 0.6 is 0 Å². The molecule has 1 aromatic heterocycles. The van der Waals surface area contributed by atoms with Gasteiger partial charge in [0.1, 0.15) is 18.3 Å². The minimum Gasteiger partial charge on any atom is -0.465 e. The molecular weight excluding hydrogens is 372 g/mol. The lowest BCUT2D eigenvalue weighted by Gasteiger charge is -2.18. The number of rotatable bonds is 6. The van der Waals surface area contributed by atoms with Crippen molar-refractivity contribution < 1.29 is 14.8 Å². The molecule has 0 aliphatic heterocycles. The molecular formula is C26H25N2O2+. The Labute approximate surface area is 176 Å². The van der Waals surface area contributed by atoms with Crippen LogP contribution in [-0.2, 0) is 11.3 Å². The number of fused-ring (bicyclic) bond motifs is 1. The van der Waals surface area contributed by atoms with Gasteiger partial charge in [-0.1, -0.05) is 78.9 Å². The Morgan fingerprint density at radius 1 is 0.900 bits per heavy atom. The molecule has 4 heteroatoms. The SMILES string of the molecule is COC(=O)c1c(C[NH2+]C(c2ccccc2)c2ccccc2)nc2ccccc2c1C. The first-order valence-electron chi connectivity index (χ1n) is 10.1. The van der Waals surface area contributed by atoms with Crippen molar-refractivity contribution in [2.75, 3.05) is 7.11 Å². The van der Waals surface area contributed by atoms with Crippen molar-refractivity contribution in [2.24, 2.45) is 0 Å². The quantitative estimate of drug-likeness (QED) is 0.497. The summed E-state index contributed by atoms with van der Waals surface area (Å²) in [6.45, 7) is 2.52. The minimum atomic E-state index is -0.342. The third-order valence-electron chi connectivity index (χ3n) is 5.48. The summed E-state index contributed by atoms with van der Waals surface area (Å²) in [5, 5.41) is 3.21. The van der Waals surface area contributed by atoms with E-state index in [2.05, 4.69) is 53.8 Å². The first-order chi connectivity index (χ1) is 14.7. The topological polar surface area (TPSA) is 55.8 Å². The van der Waals surface area contributed by atoms with Crippen molar-refractivity contribution in [2.45, 2.75) is 19.5 Å². The Bertz CT molecular complexity index is 1120. The van der Waals surface area contributed by atoms with Gasteiger partial charge in [0.15, 0.2) is 0 Å². The Morgan fingerprint density at radius 3 is 2.07 bits per heavy atom. The summed E-state index contributed by atoms with van der Waals surface area (Å²) in [5.41, 5.74) is 5.53. The average molecular weight is 397 g/mol. The zero-order valence-electron chi connectivity index (χ0n) is 17.2. The van der Waals surface area contributed by atoms with Crippen molar-refractivity contribution in [3.05, 3.63) is 113 Å². The molecule has 0 saturated heterocycles. The monoisotopic (exact) mass is 397 g/mol. The number of carbonyl (C=O) groups is 1. The molecule has 4 nitrogen and oxygen atoms in total. The molecule has 0 bridgehead atoms. The second kappa shape index (κ2) is 8.89. The highest BCUT2D eigenvalue weighted by Gasteiger charge is 2.23. The number of quaternary nitrogens is 1. The predicted molar refractivity (Wildman–Crippen MR) is 118 cm³/mol. The number of hydrogen-bond acceptors (Lipinski definition) is 3. The molecule has 0 saturated carbocycles. The van der Waals surface area contributed by atoms with Gasteiger partial charge in [0, 0.05) is 16.5 Å². The van der Waals surface area contributed by atoms with E-state index in [1.807, 2.05) is 43.3 Å². The van der Waals surface area contributed by atoms with Gasteiger partial charge >= 0.3 is 5.97 Å². The number of para-hydroxylation sites is 1. The number of pyridine rings is 1. The fourth-order valence-electron chi connectivity index (χ4n) is 3.98. The van der Waals surface area contributed by atoms with E-state index in [1.165, 1.54) is 18.2 Å². The molecule has 0 radical (unpaired) electrons. The van der Waals surface area contributed by atoms with E-state index in [0.717, 1.165) is 22.2 Å². The lowest BCUT2D eigenvalue weighted by atomic mass is 9.97. The summed E-state index contributed by atoms with van der Waals surface area (Å²) in [6, 6.07) is 28.8. The summed E-state index contributed by atoms with van der Waals surface area (Å²) in [4.78, 5) is 17.4. The zero-order chi connectivity index (χ0) is 20.9. The highest BCUT2D eigenvalue weighted by Crippen LogP contribution is 2.24. The van der Waals surface area contributed by atoms with Gasteiger partial charge in [0.25, 0.3) is 0 Å². The van der Waals surface area contributed by atoms with Crippen LogP contribution in [0.1, 0.15) is 38.8 Å². The first-order valence-corrected chi connectivity index (χ1v) is 10.1. The van der Waals surface area contributed by atoms with Crippen LogP contribution in [0.4, 0.5) is 0 Å². The van der Waals surface area contributed by atoms with Gasteiger partial charge in [-0.3, -0.25) is 0 Å². The van der Waals surface area contributed by atoms with E-state index in [1.54, 1.807) is 0 Å². The second-order valence-corrected chi connectivity index (χ2v) is 7.31. The number of aryl methyl sites for hydroxylation is 1. The summed E-state index contributed by atoms with van der Waals surface area (Å²) >= 11 is 0. The van der Waals surface area contributed by atoms with Gasteiger partial charge in [-0.15, -0.1) is 0 Å². The molecule has 0 atom stereocenters. The highest BCUT2D eigenvalue weighted by molar-refractivity contribution is 5.98. The summed E-state index contributed by atoms with van der Waals surface area (Å²) < 4.78 is 5.09. The van der Waals surface area contributed by atoms with Crippen molar-refractivity contribution in [1.29, 1.82) is 0 Å². The maximum absolute atomic E-state index is 12.6. The molecule has 0 fully saturated rings. The Balaban J connectivity index is 1.74. The molecule has 1 heterocycles. The van der Waals surface area contributed by atoms with Crippen molar-refractivity contribution in [1.82, 2.24) is 4.98 Å². The fraction of sp³-hybridized carbons (Fsp3) is 0.154. The minimum absolute atomic E-state index is 0.103. The Kier molecular flexibility index (Phi) is 5.87. The molecule has 150 valence electrons. The third kappa shape index (κ3) is 3.95. The van der Waals surface area contributed by atoms with E-state index in [0.29, 0.717) is 12.1 Å². The van der Waals surface area contributed by atoms with Crippen LogP contribution < -0.4 is 5.32 Å². The van der Waals surface area contributed by atoms with E-state index in [-0.39, 0.29) is 12.0 Å². The Morgan fingerprint density at radius 2 is 1.47 bits per heavy atom. The van der Waals surface area contributed by atoms with Crippen molar-refractivity contribution in [3.63, 3.8) is 0 Å². The second-order valence-electron chi connectivity index (χ2n) is 7.31. The molecule has 30 heavy (non-hydrogen) atoms. The van der Waals surface area contributed by atoms with Crippen LogP contribution in [0.25, 0.3) is 10.9 Å². The molecule has 4 rings (SSSR count). The normalized spacial score (nSPS) is 11.0. The largest absolute Gasteiger partial charge is 0.465 e. The lowest BCUT2D eigenvalue weighted by molar-refractivity contribution is -0.702. The Hall–Kier alpha value is -3.50. The molecule has 0 aliphatic carbocycles. The highest BCUT2D eigenvalue weighted by atomic mass is 16.5. The molecule has 0 unspecified atom stereocenters. The lowest BCUT2D eigenvalue weighted by Crippen LogP contribution is -2.84. The van der Waals surface area contributed by atoms with Crippen LogP contribution in [0.15, 0.2) is 84.9 Å². The molecule has 0 spiro atoms. The van der Waals surface area contributed by atoms with Crippen molar-refractivity contribution >= 4 is 16.9 Å². The van der Waals surface area contributed by atoms with Gasteiger partial charge in [0.2, 0.25) is 0 Å². The van der Waals surface area contributed by atoms with E-state index < -0.39 is 0 Å². The summed E-state index contributed by atoms with van der Waals surface area (Å²) in [5.74, 6) is -0.342. The van der Waals surface area contributed by atoms with Gasteiger partial charge < -0.3 is 10.1 Å². The number of hydrogen-bond donors (Lipinski definition) is 1. The first kappa shape index (κ1) is 19.8. The van der Waals surface area contributed by atoms with E-state index >= 15 is 0 Å². The smallest absolute Gasteiger partial charge is 0.340 e. The maximum atomic E-state index is 12.6. The number of esters is 1. The van der Waals surface area contributed by atoms with Gasteiger partial charge in [-0.2, -0.15) is 0 Å². The number of ether oxygens (including phenoxy) is 1. The standard InChI is InChI=1S/C26H24N2O2/c1-18-21-15-9-10-16-22(21)28-23(24(18)26(29)30-2)17-27-25(19-11-5-3-6-12-19)20-13-7-4-8-14-20/h3-16,25,27H,17H2,1-2H3/p+1. The summed E-state index contributed by atoms with van der Waals surface area (Å²) in [7, 11) is 1.42. The predicted octanol–water partition coefficient (Wildman–Crippen LogP) is 4.18. The van der Waals surface area contributed by atoms with Gasteiger partial charge in [-0.25, -0.2) is 9.78 Å². The summed E-state index contributed by atoms with van der Waals surface area (Å²) in [6.07, 6.45) is 0. The zero-order valence-corrected chi connectivity index (χ0v) is 17.2. The van der Waals surface area contributed by atoms with E-state index in [4.69, 9.17) is 9.72 Å². The van der Waals surface area contributed by atoms with Crippen molar-refractivity contribution in [3.8, 4) is 0 Å². The molecule has 3 aromatic carbocycles. The van der Waals surface area contributed by atoms with Crippen LogP contribution in [-0.4, -0.2) is 18.1 Å². The third-order valence-corrected chi connectivity index (χ3v) is 5.48. The van der Waals surface area contributed by atoms with Gasteiger partial charge in [0.05, 0.1) is 18.2 Å². The number of nitrogens with zero attached hydrogens (tertiary/aromatic N) is 1. The van der Waals surface area contributed by atoms with Crippen LogP contribution in [0.5, 0.6) is 0 Å². The molecule has 0 amide bonds. The molecule has 2 N–H and O–H groups in total. The fourth-order valence-corrected chi connectivity index (χ4v) is 3.98. The molecule has 0 aliphatic rings. The molecule has 4 aromatic rings. The number of carbonyl (C=O) groups excluding carboxylic acids is 1. The van der Waals surface area contributed by atoms with Gasteiger partial charge in [-0.05, 0) is 18.6 Å². The maximum Gasteiger partial charge on any atom is 0.340 e. The number of nitrogens with two attached hydrogens (primary N) is 1. The number of aromatic nitrogens is 1. The number of benzene rings is 3. The van der Waals surface area contributed by atoms with E-state index in [9.17, 15) is 4.79 Å². The number of methoxy groups -OCH3 is 1. The average Bonchev–Trinajstić information content (AvgIpc) is 2.80.